The van der Waals surface area contributed by atoms with Crippen LogP contribution in [0.15, 0.2) is 24.3 Å². The van der Waals surface area contributed by atoms with Gasteiger partial charge in [0.25, 0.3) is 5.91 Å². The number of hydrogen-bond donors (Lipinski definition) is 2. The second-order valence-corrected chi connectivity index (χ2v) is 4.73. The second-order valence-electron chi connectivity index (χ2n) is 4.73. The van der Waals surface area contributed by atoms with E-state index >= 15 is 0 Å². The quantitative estimate of drug-likeness (QED) is 0.811. The third kappa shape index (κ3) is 4.75. The second kappa shape index (κ2) is 7.01. The molecule has 1 unspecified atom stereocenters. The first kappa shape index (κ1) is 14.5. The summed E-state index contributed by atoms with van der Waals surface area (Å²) in [5, 5.41) is 12.4. The first-order valence-electron chi connectivity index (χ1n) is 6.13. The molecule has 0 radical (unpaired) electrons. The average molecular weight is 251 g/mol. The van der Waals surface area contributed by atoms with Crippen molar-refractivity contribution in [2.24, 2.45) is 5.92 Å². The Labute approximate surface area is 108 Å². The number of amides is 1. The zero-order valence-corrected chi connectivity index (χ0v) is 11.1. The van der Waals surface area contributed by atoms with Gasteiger partial charge in [0.05, 0.1) is 13.2 Å². The molecule has 0 saturated carbocycles. The molecule has 4 nitrogen and oxygen atoms in total. The number of aliphatic hydroxyl groups excluding tert-OH is 1. The number of rotatable bonds is 6. The third-order valence-corrected chi connectivity index (χ3v) is 2.57. The van der Waals surface area contributed by atoms with Crippen LogP contribution in [0.4, 0.5) is 0 Å². The summed E-state index contributed by atoms with van der Waals surface area (Å²) >= 11 is 0. The van der Waals surface area contributed by atoms with Crippen LogP contribution in [-0.4, -0.2) is 30.8 Å². The first-order valence-corrected chi connectivity index (χ1v) is 6.13. The third-order valence-electron chi connectivity index (χ3n) is 2.57. The van der Waals surface area contributed by atoms with E-state index in [4.69, 9.17) is 4.74 Å². The Morgan fingerprint density at radius 1 is 1.44 bits per heavy atom. The predicted molar refractivity (Wildman–Crippen MR) is 70.8 cm³/mol. The van der Waals surface area contributed by atoms with Crippen molar-refractivity contribution in [1.82, 2.24) is 5.32 Å². The van der Waals surface area contributed by atoms with Crippen molar-refractivity contribution in [3.63, 3.8) is 0 Å². The van der Waals surface area contributed by atoms with Gasteiger partial charge in [-0.05, 0) is 30.5 Å². The highest BCUT2D eigenvalue weighted by Gasteiger charge is 2.10. The molecule has 2 N–H and O–H groups in total. The lowest BCUT2D eigenvalue weighted by atomic mass is 10.1. The summed E-state index contributed by atoms with van der Waals surface area (Å²) < 4.78 is 5.05. The molecule has 1 aromatic carbocycles. The number of methoxy groups -OCH3 is 1. The number of benzene rings is 1. The summed E-state index contributed by atoms with van der Waals surface area (Å²) in [6.07, 6.45) is 0.179. The maximum Gasteiger partial charge on any atom is 0.251 e. The number of hydrogen-bond acceptors (Lipinski definition) is 3. The van der Waals surface area contributed by atoms with Crippen LogP contribution < -0.4 is 10.1 Å². The Bertz CT molecular complexity index is 390. The average Bonchev–Trinajstić information content (AvgIpc) is 2.35. The van der Waals surface area contributed by atoms with Gasteiger partial charge in [-0.25, -0.2) is 0 Å². The summed E-state index contributed by atoms with van der Waals surface area (Å²) in [5.74, 6) is 0.857. The molecular weight excluding hydrogens is 230 g/mol. The number of ether oxygens (including phenoxy) is 1. The predicted octanol–water partition coefficient (Wildman–Crippen LogP) is 1.83. The SMILES string of the molecule is COc1cccc(C(=O)NCC(O)CC(C)C)c1. The monoisotopic (exact) mass is 251 g/mol. The molecule has 0 aliphatic carbocycles. The van der Waals surface area contributed by atoms with E-state index in [1.807, 2.05) is 13.8 Å². The van der Waals surface area contributed by atoms with E-state index in [0.717, 1.165) is 0 Å². The van der Waals surface area contributed by atoms with Crippen molar-refractivity contribution >= 4 is 5.91 Å². The van der Waals surface area contributed by atoms with Crippen LogP contribution in [0.3, 0.4) is 0 Å². The van der Waals surface area contributed by atoms with E-state index in [1.54, 1.807) is 31.4 Å². The van der Waals surface area contributed by atoms with Crippen molar-refractivity contribution in [3.8, 4) is 5.75 Å². The maximum absolute atomic E-state index is 11.8. The Kier molecular flexibility index (Phi) is 5.65. The standard InChI is InChI=1S/C14H21NO3/c1-10(2)7-12(16)9-15-14(17)11-5-4-6-13(8-11)18-3/h4-6,8,10,12,16H,7,9H2,1-3H3,(H,15,17). The summed E-state index contributed by atoms with van der Waals surface area (Å²) in [4.78, 5) is 11.8. The molecule has 1 aromatic rings. The van der Waals surface area contributed by atoms with Crippen molar-refractivity contribution in [2.75, 3.05) is 13.7 Å². The van der Waals surface area contributed by atoms with Gasteiger partial charge < -0.3 is 15.2 Å². The van der Waals surface area contributed by atoms with Crippen LogP contribution in [-0.2, 0) is 0 Å². The molecule has 100 valence electrons. The maximum atomic E-state index is 11.8. The number of carbonyl (C=O) groups is 1. The van der Waals surface area contributed by atoms with Crippen LogP contribution in [0.2, 0.25) is 0 Å². The van der Waals surface area contributed by atoms with E-state index in [9.17, 15) is 9.90 Å². The van der Waals surface area contributed by atoms with Gasteiger partial charge in [0, 0.05) is 12.1 Å². The van der Waals surface area contributed by atoms with Gasteiger partial charge in [0.15, 0.2) is 0 Å². The highest BCUT2D eigenvalue weighted by Crippen LogP contribution is 2.12. The lowest BCUT2D eigenvalue weighted by Crippen LogP contribution is -2.32. The van der Waals surface area contributed by atoms with E-state index in [1.165, 1.54) is 0 Å². The lowest BCUT2D eigenvalue weighted by Gasteiger charge is -2.14. The molecule has 0 saturated heterocycles. The Hall–Kier alpha value is -1.55. The molecule has 0 aliphatic rings. The van der Waals surface area contributed by atoms with E-state index in [-0.39, 0.29) is 12.5 Å². The molecule has 0 aliphatic heterocycles. The molecule has 18 heavy (non-hydrogen) atoms. The zero-order chi connectivity index (χ0) is 13.5. The lowest BCUT2D eigenvalue weighted by molar-refractivity contribution is 0.0900. The van der Waals surface area contributed by atoms with E-state index in [0.29, 0.717) is 23.7 Å². The minimum atomic E-state index is -0.500. The van der Waals surface area contributed by atoms with Crippen molar-refractivity contribution < 1.29 is 14.6 Å². The molecule has 1 amide bonds. The molecular formula is C14H21NO3. The number of carbonyl (C=O) groups excluding carboxylic acids is 1. The van der Waals surface area contributed by atoms with Crippen molar-refractivity contribution in [1.29, 1.82) is 0 Å². The molecule has 0 fully saturated rings. The summed E-state index contributed by atoms with van der Waals surface area (Å²) in [6.45, 7) is 4.34. The fraction of sp³-hybridized carbons (Fsp3) is 0.500. The molecule has 1 atom stereocenters. The largest absolute Gasteiger partial charge is 0.497 e. The van der Waals surface area contributed by atoms with Gasteiger partial charge in [-0.15, -0.1) is 0 Å². The molecule has 1 rings (SSSR count). The van der Waals surface area contributed by atoms with Gasteiger partial charge in [0.2, 0.25) is 0 Å². The fourth-order valence-electron chi connectivity index (χ4n) is 1.70. The van der Waals surface area contributed by atoms with Gasteiger partial charge in [0.1, 0.15) is 5.75 Å². The first-order chi connectivity index (χ1) is 8.52. The highest BCUT2D eigenvalue weighted by atomic mass is 16.5. The van der Waals surface area contributed by atoms with Gasteiger partial charge >= 0.3 is 0 Å². The molecule has 0 spiro atoms. The summed E-state index contributed by atoms with van der Waals surface area (Å²) in [6, 6.07) is 6.93. The molecule has 4 heteroatoms. The summed E-state index contributed by atoms with van der Waals surface area (Å²) in [7, 11) is 1.56. The number of aliphatic hydroxyl groups is 1. The number of nitrogens with one attached hydrogen (secondary N) is 1. The van der Waals surface area contributed by atoms with Gasteiger partial charge in [-0.1, -0.05) is 19.9 Å². The van der Waals surface area contributed by atoms with Crippen molar-refractivity contribution in [3.05, 3.63) is 29.8 Å². The summed E-state index contributed by atoms with van der Waals surface area (Å²) in [5.41, 5.74) is 0.533. The van der Waals surface area contributed by atoms with Gasteiger partial charge in [-0.3, -0.25) is 4.79 Å². The van der Waals surface area contributed by atoms with Crippen LogP contribution in [0, 0.1) is 5.92 Å². The van der Waals surface area contributed by atoms with Crippen LogP contribution in [0.5, 0.6) is 5.75 Å². The van der Waals surface area contributed by atoms with E-state index in [2.05, 4.69) is 5.32 Å². The fourth-order valence-corrected chi connectivity index (χ4v) is 1.70. The topological polar surface area (TPSA) is 58.6 Å². The Morgan fingerprint density at radius 2 is 2.17 bits per heavy atom. The minimum absolute atomic E-state index is 0.197. The molecule has 0 bridgehead atoms. The van der Waals surface area contributed by atoms with Crippen LogP contribution in [0.1, 0.15) is 30.6 Å². The van der Waals surface area contributed by atoms with Crippen LogP contribution in [0.25, 0.3) is 0 Å². The Balaban J connectivity index is 2.49. The smallest absolute Gasteiger partial charge is 0.251 e. The zero-order valence-electron chi connectivity index (χ0n) is 11.1. The normalized spacial score (nSPS) is 12.3. The molecule has 0 heterocycles. The van der Waals surface area contributed by atoms with E-state index < -0.39 is 6.10 Å². The Morgan fingerprint density at radius 3 is 2.78 bits per heavy atom. The van der Waals surface area contributed by atoms with Gasteiger partial charge in [-0.2, -0.15) is 0 Å². The van der Waals surface area contributed by atoms with Crippen LogP contribution >= 0.6 is 0 Å². The highest BCUT2D eigenvalue weighted by molar-refractivity contribution is 5.94. The molecule has 0 aromatic heterocycles. The minimum Gasteiger partial charge on any atom is -0.497 e. The van der Waals surface area contributed by atoms with Crippen molar-refractivity contribution in [2.45, 2.75) is 26.4 Å².